The van der Waals surface area contributed by atoms with E-state index in [1.807, 2.05) is 17.0 Å². The van der Waals surface area contributed by atoms with Crippen molar-refractivity contribution in [1.82, 2.24) is 19.7 Å². The van der Waals surface area contributed by atoms with Gasteiger partial charge in [0.25, 0.3) is 5.91 Å². The normalized spacial score (nSPS) is 20.8. The highest BCUT2D eigenvalue weighted by atomic mass is 35.5. The lowest BCUT2D eigenvalue weighted by Crippen LogP contribution is -2.40. The molecule has 3 heterocycles. The first kappa shape index (κ1) is 18.3. The maximum Gasteiger partial charge on any atom is 0.263 e. The number of nitrogens with zero attached hydrogens (tertiary/aromatic N) is 4. The fraction of sp³-hybridized carbons (Fsp3) is 0.550. The van der Waals surface area contributed by atoms with Crippen molar-refractivity contribution >= 4 is 17.5 Å². The molecule has 144 valence electrons. The molecular weight excluding hydrogens is 364 g/mol. The van der Waals surface area contributed by atoms with Crippen LogP contribution in [0.4, 0.5) is 0 Å². The Balaban J connectivity index is 1.51. The first-order valence-corrected chi connectivity index (χ1v) is 10.2. The Morgan fingerprint density at radius 3 is 2.96 bits per heavy atom. The molecule has 1 aromatic carbocycles. The molecule has 7 heteroatoms. The number of carbonyl (C=O) groups is 1. The Morgan fingerprint density at radius 2 is 2.11 bits per heavy atom. The average Bonchev–Trinajstić information content (AvgIpc) is 3.22. The van der Waals surface area contributed by atoms with Gasteiger partial charge < -0.3 is 14.2 Å². The molecule has 2 aliphatic rings. The number of carbonyl (C=O) groups excluding carboxylic acids is 1. The number of amides is 1. The molecule has 2 unspecified atom stereocenters. The number of ether oxygens (including phenoxy) is 1. The minimum Gasteiger partial charge on any atom is -0.481 e. The molecule has 0 spiro atoms. The summed E-state index contributed by atoms with van der Waals surface area (Å²) < 4.78 is 8.09. The molecule has 0 saturated carbocycles. The maximum absolute atomic E-state index is 13.1. The standard InChI is InChI=1S/C20H25ClN4O2/c1-14(27-16-8-5-7-15(21)13-16)20(26)24-12-6-9-17(24)19-23-22-18-10-3-2-4-11-25(18)19/h5,7-8,13-14,17H,2-4,6,9-12H2,1H3. The van der Waals surface area contributed by atoms with Gasteiger partial charge >= 0.3 is 0 Å². The van der Waals surface area contributed by atoms with Crippen molar-refractivity contribution in [2.75, 3.05) is 6.54 Å². The molecule has 4 rings (SSSR count). The van der Waals surface area contributed by atoms with Gasteiger partial charge in [-0.05, 0) is 50.8 Å². The van der Waals surface area contributed by atoms with Gasteiger partial charge in [-0.2, -0.15) is 0 Å². The molecule has 2 aliphatic heterocycles. The summed E-state index contributed by atoms with van der Waals surface area (Å²) in [5.41, 5.74) is 0. The number of hydrogen-bond donors (Lipinski definition) is 0. The fourth-order valence-corrected chi connectivity index (χ4v) is 4.26. The van der Waals surface area contributed by atoms with Gasteiger partial charge in [0.05, 0.1) is 6.04 Å². The number of aryl methyl sites for hydroxylation is 1. The van der Waals surface area contributed by atoms with E-state index in [1.54, 1.807) is 19.1 Å². The van der Waals surface area contributed by atoms with Crippen LogP contribution in [0, 0.1) is 0 Å². The van der Waals surface area contributed by atoms with E-state index in [9.17, 15) is 4.79 Å². The maximum atomic E-state index is 13.1. The van der Waals surface area contributed by atoms with E-state index >= 15 is 0 Å². The van der Waals surface area contributed by atoms with Crippen LogP contribution in [0.2, 0.25) is 5.02 Å². The molecule has 1 aromatic heterocycles. The van der Waals surface area contributed by atoms with Crippen molar-refractivity contribution in [3.05, 3.63) is 40.9 Å². The van der Waals surface area contributed by atoms with Crippen molar-refractivity contribution in [2.24, 2.45) is 0 Å². The summed E-state index contributed by atoms with van der Waals surface area (Å²) >= 11 is 6.01. The fourth-order valence-electron chi connectivity index (χ4n) is 4.08. The smallest absolute Gasteiger partial charge is 0.263 e. The zero-order valence-corrected chi connectivity index (χ0v) is 16.4. The highest BCUT2D eigenvalue weighted by Gasteiger charge is 2.36. The second-order valence-corrected chi connectivity index (χ2v) is 7.78. The van der Waals surface area contributed by atoms with Crippen LogP contribution in [0.25, 0.3) is 0 Å². The third-order valence-electron chi connectivity index (χ3n) is 5.43. The summed E-state index contributed by atoms with van der Waals surface area (Å²) in [5.74, 6) is 2.59. The molecular formula is C20H25ClN4O2. The third kappa shape index (κ3) is 3.81. The third-order valence-corrected chi connectivity index (χ3v) is 5.66. The molecule has 1 saturated heterocycles. The largest absolute Gasteiger partial charge is 0.481 e. The first-order chi connectivity index (χ1) is 13.1. The Morgan fingerprint density at radius 1 is 1.22 bits per heavy atom. The van der Waals surface area contributed by atoms with Gasteiger partial charge in [0, 0.05) is 24.5 Å². The van der Waals surface area contributed by atoms with Crippen molar-refractivity contribution in [3.63, 3.8) is 0 Å². The summed E-state index contributed by atoms with van der Waals surface area (Å²) in [7, 11) is 0. The molecule has 0 N–H and O–H groups in total. The zero-order valence-electron chi connectivity index (χ0n) is 15.6. The minimum absolute atomic E-state index is 0.0107. The van der Waals surface area contributed by atoms with Gasteiger partial charge in [-0.25, -0.2) is 0 Å². The van der Waals surface area contributed by atoms with Crippen LogP contribution in [0.15, 0.2) is 24.3 Å². The number of rotatable bonds is 4. The van der Waals surface area contributed by atoms with E-state index in [4.69, 9.17) is 16.3 Å². The van der Waals surface area contributed by atoms with Crippen LogP contribution in [-0.4, -0.2) is 38.2 Å². The molecule has 1 fully saturated rings. The molecule has 6 nitrogen and oxygen atoms in total. The number of likely N-dealkylation sites (tertiary alicyclic amines) is 1. The average molecular weight is 389 g/mol. The first-order valence-electron chi connectivity index (χ1n) is 9.78. The van der Waals surface area contributed by atoms with Crippen LogP contribution >= 0.6 is 11.6 Å². The molecule has 2 aromatic rings. The molecule has 0 bridgehead atoms. The summed E-state index contributed by atoms with van der Waals surface area (Å²) in [6.07, 6.45) is 5.83. The number of benzene rings is 1. The van der Waals surface area contributed by atoms with E-state index in [2.05, 4.69) is 14.8 Å². The van der Waals surface area contributed by atoms with Crippen LogP contribution in [-0.2, 0) is 17.8 Å². The Bertz CT molecular complexity index is 822. The van der Waals surface area contributed by atoms with Crippen molar-refractivity contribution < 1.29 is 9.53 Å². The lowest BCUT2D eigenvalue weighted by atomic mass is 10.2. The zero-order chi connectivity index (χ0) is 18.8. The lowest BCUT2D eigenvalue weighted by Gasteiger charge is -2.27. The van der Waals surface area contributed by atoms with E-state index < -0.39 is 6.10 Å². The number of halogens is 1. The summed E-state index contributed by atoms with van der Waals surface area (Å²) in [6, 6.07) is 7.14. The van der Waals surface area contributed by atoms with Crippen molar-refractivity contribution in [2.45, 2.75) is 64.1 Å². The van der Waals surface area contributed by atoms with E-state index in [-0.39, 0.29) is 11.9 Å². The van der Waals surface area contributed by atoms with Gasteiger partial charge in [-0.1, -0.05) is 24.1 Å². The van der Waals surface area contributed by atoms with Crippen LogP contribution in [0.3, 0.4) is 0 Å². The van der Waals surface area contributed by atoms with Gasteiger partial charge in [0.15, 0.2) is 11.9 Å². The van der Waals surface area contributed by atoms with Crippen LogP contribution in [0.5, 0.6) is 5.75 Å². The molecule has 0 aliphatic carbocycles. The van der Waals surface area contributed by atoms with Crippen molar-refractivity contribution in [3.8, 4) is 5.75 Å². The second-order valence-electron chi connectivity index (χ2n) is 7.34. The molecule has 27 heavy (non-hydrogen) atoms. The minimum atomic E-state index is -0.574. The summed E-state index contributed by atoms with van der Waals surface area (Å²) in [6.45, 7) is 3.47. The second kappa shape index (κ2) is 7.89. The van der Waals surface area contributed by atoms with Crippen LogP contribution < -0.4 is 4.74 Å². The monoisotopic (exact) mass is 388 g/mol. The van der Waals surface area contributed by atoms with Crippen LogP contribution in [0.1, 0.15) is 56.7 Å². The van der Waals surface area contributed by atoms with Crippen molar-refractivity contribution in [1.29, 1.82) is 0 Å². The Hall–Kier alpha value is -2.08. The SMILES string of the molecule is CC(Oc1cccc(Cl)c1)C(=O)N1CCCC1c1nnc2n1CCCCC2. The molecule has 1 amide bonds. The highest BCUT2D eigenvalue weighted by molar-refractivity contribution is 6.30. The van der Waals surface area contributed by atoms with Gasteiger partial charge in [0.2, 0.25) is 0 Å². The summed E-state index contributed by atoms with van der Waals surface area (Å²) in [5, 5.41) is 9.47. The van der Waals surface area contributed by atoms with E-state index in [0.717, 1.165) is 56.8 Å². The Labute approximate surface area is 164 Å². The molecule has 0 radical (unpaired) electrons. The quantitative estimate of drug-likeness (QED) is 0.799. The highest BCUT2D eigenvalue weighted by Crippen LogP contribution is 2.33. The van der Waals surface area contributed by atoms with E-state index in [0.29, 0.717) is 10.8 Å². The topological polar surface area (TPSA) is 60.2 Å². The summed E-state index contributed by atoms with van der Waals surface area (Å²) in [4.78, 5) is 15.0. The number of hydrogen-bond acceptors (Lipinski definition) is 4. The number of aromatic nitrogens is 3. The predicted octanol–water partition coefficient (Wildman–Crippen LogP) is 3.79. The van der Waals surface area contributed by atoms with Gasteiger partial charge in [-0.3, -0.25) is 4.79 Å². The predicted molar refractivity (Wildman–Crippen MR) is 103 cm³/mol. The lowest BCUT2D eigenvalue weighted by molar-refractivity contribution is -0.139. The van der Waals surface area contributed by atoms with Gasteiger partial charge in [0.1, 0.15) is 11.6 Å². The number of fused-ring (bicyclic) bond motifs is 1. The van der Waals surface area contributed by atoms with Gasteiger partial charge in [-0.15, -0.1) is 10.2 Å². The Kier molecular flexibility index (Phi) is 5.34. The van der Waals surface area contributed by atoms with E-state index in [1.165, 1.54) is 6.42 Å². The molecule has 2 atom stereocenters.